The molecule has 0 radical (unpaired) electrons. The van der Waals surface area contributed by atoms with E-state index in [1.165, 1.54) is 6.07 Å². The van der Waals surface area contributed by atoms with Crippen molar-refractivity contribution in [3.8, 4) is 0 Å². The maximum atomic E-state index is 12.8. The second-order valence-electron chi connectivity index (χ2n) is 5.65. The molecule has 2 rings (SSSR count). The Morgan fingerprint density at radius 2 is 1.77 bits per heavy atom. The third-order valence-electron chi connectivity index (χ3n) is 4.18. The van der Waals surface area contributed by atoms with Crippen molar-refractivity contribution >= 4 is 24.0 Å². The van der Waals surface area contributed by atoms with E-state index in [0.29, 0.717) is 0 Å². The number of halogens is 5. The summed E-state index contributed by atoms with van der Waals surface area (Å²) in [5.41, 5.74) is 5.34. The van der Waals surface area contributed by atoms with Gasteiger partial charge in [0.1, 0.15) is 0 Å². The molecule has 0 amide bonds. The van der Waals surface area contributed by atoms with E-state index >= 15 is 0 Å². The lowest BCUT2D eigenvalue weighted by Gasteiger charge is -2.31. The van der Waals surface area contributed by atoms with E-state index in [1.54, 1.807) is 0 Å². The Balaban J connectivity index is 0.00000242. The van der Waals surface area contributed by atoms with Crippen LogP contribution in [0.2, 0.25) is 5.02 Å². The standard InChI is InChI=1S/C15H19ClF3NO.ClH/c16-12-7-6-10(15(17,18)19)8-11(12)13(20)14(21)9-4-2-1-3-5-9;/h6-9,13-14,21H,1-5,20H2;1H/t13-,14+;/m1./s1. The molecule has 0 bridgehead atoms. The number of rotatable bonds is 3. The van der Waals surface area contributed by atoms with Crippen molar-refractivity contribution in [1.82, 2.24) is 0 Å². The van der Waals surface area contributed by atoms with Gasteiger partial charge in [-0.2, -0.15) is 13.2 Å². The normalized spacial score (nSPS) is 19.4. The van der Waals surface area contributed by atoms with Gasteiger partial charge in [0.25, 0.3) is 0 Å². The monoisotopic (exact) mass is 357 g/mol. The lowest BCUT2D eigenvalue weighted by Crippen LogP contribution is -2.34. The van der Waals surface area contributed by atoms with Gasteiger partial charge in [0.15, 0.2) is 0 Å². The van der Waals surface area contributed by atoms with Gasteiger partial charge < -0.3 is 10.8 Å². The lowest BCUT2D eigenvalue weighted by atomic mass is 9.81. The van der Waals surface area contributed by atoms with Crippen LogP contribution >= 0.6 is 24.0 Å². The van der Waals surface area contributed by atoms with Gasteiger partial charge in [-0.05, 0) is 42.5 Å². The summed E-state index contributed by atoms with van der Waals surface area (Å²) in [6.45, 7) is 0. The summed E-state index contributed by atoms with van der Waals surface area (Å²) in [5.74, 6) is 0.0272. The molecule has 7 heteroatoms. The van der Waals surface area contributed by atoms with Gasteiger partial charge in [-0.25, -0.2) is 0 Å². The van der Waals surface area contributed by atoms with E-state index in [4.69, 9.17) is 17.3 Å². The third kappa shape index (κ3) is 4.51. The average molecular weight is 358 g/mol. The maximum absolute atomic E-state index is 12.8. The zero-order valence-corrected chi connectivity index (χ0v) is 13.5. The van der Waals surface area contributed by atoms with E-state index < -0.39 is 23.9 Å². The van der Waals surface area contributed by atoms with Crippen molar-refractivity contribution in [3.05, 3.63) is 34.3 Å². The molecule has 0 aliphatic heterocycles. The number of alkyl halides is 3. The first-order valence-electron chi connectivity index (χ1n) is 7.11. The molecule has 3 N–H and O–H groups in total. The summed E-state index contributed by atoms with van der Waals surface area (Å²) in [4.78, 5) is 0. The van der Waals surface area contributed by atoms with E-state index in [-0.39, 0.29) is 28.9 Å². The van der Waals surface area contributed by atoms with Crippen molar-refractivity contribution in [3.63, 3.8) is 0 Å². The molecule has 0 heterocycles. The molecule has 2 atom stereocenters. The molecule has 1 saturated carbocycles. The second kappa shape index (κ2) is 7.86. The molecule has 1 aliphatic rings. The molecule has 1 aliphatic carbocycles. The van der Waals surface area contributed by atoms with Crippen LogP contribution in [-0.2, 0) is 6.18 Å². The smallest absolute Gasteiger partial charge is 0.391 e. The number of aliphatic hydroxyl groups excluding tert-OH is 1. The highest BCUT2D eigenvalue weighted by Crippen LogP contribution is 2.37. The number of hydrogen-bond acceptors (Lipinski definition) is 2. The Hall–Kier alpha value is -0.490. The number of hydrogen-bond donors (Lipinski definition) is 2. The highest BCUT2D eigenvalue weighted by molar-refractivity contribution is 6.31. The molecular weight excluding hydrogens is 338 g/mol. The van der Waals surface area contributed by atoms with Gasteiger partial charge in [0.2, 0.25) is 0 Å². The first-order valence-corrected chi connectivity index (χ1v) is 7.49. The zero-order valence-electron chi connectivity index (χ0n) is 11.9. The summed E-state index contributed by atoms with van der Waals surface area (Å²) in [5, 5.41) is 10.5. The first-order chi connectivity index (χ1) is 9.80. The molecule has 22 heavy (non-hydrogen) atoms. The van der Waals surface area contributed by atoms with Crippen LogP contribution in [0.25, 0.3) is 0 Å². The average Bonchev–Trinajstić information content (AvgIpc) is 2.46. The van der Waals surface area contributed by atoms with Gasteiger partial charge in [0, 0.05) is 5.02 Å². The van der Waals surface area contributed by atoms with E-state index in [1.807, 2.05) is 0 Å². The van der Waals surface area contributed by atoms with Gasteiger partial charge >= 0.3 is 6.18 Å². The predicted octanol–water partition coefficient (Wildman–Crippen LogP) is 4.72. The molecule has 126 valence electrons. The summed E-state index contributed by atoms with van der Waals surface area (Å²) < 4.78 is 38.3. The number of benzene rings is 1. The highest BCUT2D eigenvalue weighted by atomic mass is 35.5. The maximum Gasteiger partial charge on any atom is 0.416 e. The molecule has 0 spiro atoms. The molecule has 0 saturated heterocycles. The van der Waals surface area contributed by atoms with Crippen LogP contribution in [0.3, 0.4) is 0 Å². The molecule has 0 unspecified atom stereocenters. The van der Waals surface area contributed by atoms with Crippen LogP contribution < -0.4 is 5.73 Å². The van der Waals surface area contributed by atoms with Crippen molar-refractivity contribution in [2.45, 2.75) is 50.4 Å². The van der Waals surface area contributed by atoms with Crippen LogP contribution in [0, 0.1) is 5.92 Å². The summed E-state index contributed by atoms with van der Waals surface area (Å²) in [7, 11) is 0. The minimum absolute atomic E-state index is 0. The fraction of sp³-hybridized carbons (Fsp3) is 0.600. The van der Waals surface area contributed by atoms with Crippen LogP contribution in [0.15, 0.2) is 18.2 Å². The first kappa shape index (κ1) is 19.6. The Kier molecular flexibility index (Phi) is 6.99. The van der Waals surface area contributed by atoms with Gasteiger partial charge in [-0.1, -0.05) is 30.9 Å². The Morgan fingerprint density at radius 1 is 1.18 bits per heavy atom. The topological polar surface area (TPSA) is 46.2 Å². The quantitative estimate of drug-likeness (QED) is 0.821. The minimum Gasteiger partial charge on any atom is -0.391 e. The Labute approximate surface area is 139 Å². The summed E-state index contributed by atoms with van der Waals surface area (Å²) in [6.07, 6.45) is -0.448. The highest BCUT2D eigenvalue weighted by Gasteiger charge is 2.33. The molecule has 1 fully saturated rings. The fourth-order valence-corrected chi connectivity index (χ4v) is 3.17. The molecule has 2 nitrogen and oxygen atoms in total. The van der Waals surface area contributed by atoms with Crippen molar-refractivity contribution in [2.75, 3.05) is 0 Å². The second-order valence-corrected chi connectivity index (χ2v) is 6.06. The Morgan fingerprint density at radius 3 is 2.32 bits per heavy atom. The van der Waals surface area contributed by atoms with Gasteiger partial charge in [-0.15, -0.1) is 12.4 Å². The van der Waals surface area contributed by atoms with Gasteiger partial charge in [-0.3, -0.25) is 0 Å². The van der Waals surface area contributed by atoms with E-state index in [2.05, 4.69) is 0 Å². The number of nitrogens with two attached hydrogens (primary N) is 1. The predicted molar refractivity (Wildman–Crippen MR) is 83.2 cm³/mol. The van der Waals surface area contributed by atoms with Crippen LogP contribution in [0.5, 0.6) is 0 Å². The minimum atomic E-state index is -4.45. The molecule has 1 aromatic carbocycles. The van der Waals surface area contributed by atoms with Crippen LogP contribution in [0.1, 0.15) is 49.3 Å². The van der Waals surface area contributed by atoms with Crippen LogP contribution in [0.4, 0.5) is 13.2 Å². The van der Waals surface area contributed by atoms with Crippen LogP contribution in [-0.4, -0.2) is 11.2 Å². The van der Waals surface area contributed by atoms with E-state index in [9.17, 15) is 18.3 Å². The SMILES string of the molecule is Cl.N[C@H](c1cc(C(F)(F)F)ccc1Cl)[C@@H](O)C1CCCCC1. The van der Waals surface area contributed by atoms with Gasteiger partial charge in [0.05, 0.1) is 17.7 Å². The van der Waals surface area contributed by atoms with Crippen molar-refractivity contribution in [2.24, 2.45) is 11.7 Å². The molecule has 1 aromatic rings. The Bertz CT molecular complexity index is 490. The molecular formula is C15H20Cl2F3NO. The number of aliphatic hydroxyl groups is 1. The third-order valence-corrected chi connectivity index (χ3v) is 4.53. The summed E-state index contributed by atoms with van der Waals surface area (Å²) in [6, 6.07) is 2.15. The summed E-state index contributed by atoms with van der Waals surface area (Å²) >= 11 is 5.97. The fourth-order valence-electron chi connectivity index (χ4n) is 2.93. The zero-order chi connectivity index (χ0) is 15.6. The lowest BCUT2D eigenvalue weighted by molar-refractivity contribution is -0.137. The van der Waals surface area contributed by atoms with Crippen molar-refractivity contribution < 1.29 is 18.3 Å². The largest absolute Gasteiger partial charge is 0.416 e. The van der Waals surface area contributed by atoms with Crippen molar-refractivity contribution in [1.29, 1.82) is 0 Å². The van der Waals surface area contributed by atoms with E-state index in [0.717, 1.165) is 44.2 Å². The molecule has 0 aromatic heterocycles.